The van der Waals surface area contributed by atoms with Crippen molar-refractivity contribution in [2.45, 2.75) is 33.1 Å². The molecule has 1 saturated heterocycles. The van der Waals surface area contributed by atoms with E-state index < -0.39 is 0 Å². The SMILES string of the molecule is CC(=O)Oc1ccc(C=C2SCCN(CC#N)C2=O)cc1C(C)(C)C. The minimum absolute atomic E-state index is 0.107. The molecule has 0 atom stereocenters. The summed E-state index contributed by atoms with van der Waals surface area (Å²) in [6.07, 6.45) is 1.84. The number of esters is 1. The van der Waals surface area contributed by atoms with E-state index in [9.17, 15) is 9.59 Å². The highest BCUT2D eigenvalue weighted by Crippen LogP contribution is 2.34. The van der Waals surface area contributed by atoms with Crippen LogP contribution in [0.5, 0.6) is 5.75 Å². The fourth-order valence-electron chi connectivity index (χ4n) is 2.54. The van der Waals surface area contributed by atoms with Gasteiger partial charge in [0.2, 0.25) is 0 Å². The van der Waals surface area contributed by atoms with Gasteiger partial charge in [-0.3, -0.25) is 9.59 Å². The Balaban J connectivity index is 2.38. The molecule has 2 rings (SSSR count). The number of hydrogen-bond acceptors (Lipinski definition) is 5. The zero-order chi connectivity index (χ0) is 18.6. The smallest absolute Gasteiger partial charge is 0.308 e. The highest BCUT2D eigenvalue weighted by molar-refractivity contribution is 8.04. The van der Waals surface area contributed by atoms with E-state index in [1.54, 1.807) is 11.0 Å². The fourth-order valence-corrected chi connectivity index (χ4v) is 3.55. The van der Waals surface area contributed by atoms with E-state index >= 15 is 0 Å². The van der Waals surface area contributed by atoms with Gasteiger partial charge in [-0.2, -0.15) is 5.26 Å². The van der Waals surface area contributed by atoms with Crippen molar-refractivity contribution < 1.29 is 14.3 Å². The highest BCUT2D eigenvalue weighted by Gasteiger charge is 2.24. The molecule has 25 heavy (non-hydrogen) atoms. The Labute approximate surface area is 152 Å². The van der Waals surface area contributed by atoms with Crippen LogP contribution >= 0.6 is 11.8 Å². The van der Waals surface area contributed by atoms with Crippen molar-refractivity contribution in [3.8, 4) is 11.8 Å². The van der Waals surface area contributed by atoms with Crippen LogP contribution in [0.1, 0.15) is 38.8 Å². The third-order valence-electron chi connectivity index (χ3n) is 3.74. The van der Waals surface area contributed by atoms with Gasteiger partial charge in [0.05, 0.1) is 11.0 Å². The van der Waals surface area contributed by atoms with Crippen molar-refractivity contribution in [1.82, 2.24) is 4.90 Å². The van der Waals surface area contributed by atoms with Gasteiger partial charge >= 0.3 is 5.97 Å². The van der Waals surface area contributed by atoms with Gasteiger partial charge in [0.1, 0.15) is 12.3 Å². The topological polar surface area (TPSA) is 70.4 Å². The zero-order valence-corrected chi connectivity index (χ0v) is 15.8. The van der Waals surface area contributed by atoms with Gasteiger partial charge in [0, 0.05) is 24.8 Å². The lowest BCUT2D eigenvalue weighted by Gasteiger charge is -2.26. The van der Waals surface area contributed by atoms with Crippen molar-refractivity contribution in [2.75, 3.05) is 18.8 Å². The number of amides is 1. The molecule has 1 aliphatic rings. The van der Waals surface area contributed by atoms with Crippen LogP contribution in [0, 0.1) is 11.3 Å². The Morgan fingerprint density at radius 1 is 1.44 bits per heavy atom. The van der Waals surface area contributed by atoms with E-state index in [1.807, 2.05) is 45.0 Å². The van der Waals surface area contributed by atoms with Crippen molar-refractivity contribution in [2.24, 2.45) is 0 Å². The third kappa shape index (κ3) is 4.86. The first kappa shape index (κ1) is 19.1. The van der Waals surface area contributed by atoms with Gasteiger partial charge < -0.3 is 9.64 Å². The van der Waals surface area contributed by atoms with Gasteiger partial charge in [-0.05, 0) is 29.2 Å². The maximum Gasteiger partial charge on any atom is 0.308 e. The summed E-state index contributed by atoms with van der Waals surface area (Å²) in [6, 6.07) is 7.57. The average molecular weight is 358 g/mol. The van der Waals surface area contributed by atoms with E-state index in [1.165, 1.54) is 18.7 Å². The zero-order valence-electron chi connectivity index (χ0n) is 15.0. The monoisotopic (exact) mass is 358 g/mol. The standard InChI is InChI=1S/C19H22N2O3S/c1-13(22)24-16-6-5-14(11-15(16)19(2,3)4)12-17-18(23)21(8-7-20)9-10-25-17/h5-6,11-12H,8-10H2,1-4H3. The molecule has 0 spiro atoms. The quantitative estimate of drug-likeness (QED) is 0.359. The van der Waals surface area contributed by atoms with Gasteiger partial charge in [0.25, 0.3) is 5.91 Å². The minimum atomic E-state index is -0.359. The molecule has 0 N–H and O–H groups in total. The summed E-state index contributed by atoms with van der Waals surface area (Å²) in [4.78, 5) is 25.9. The molecule has 0 radical (unpaired) electrons. The second-order valence-corrected chi connectivity index (χ2v) is 7.98. The summed E-state index contributed by atoms with van der Waals surface area (Å²) in [5.41, 5.74) is 1.56. The molecule has 0 aromatic heterocycles. The predicted molar refractivity (Wildman–Crippen MR) is 99.1 cm³/mol. The summed E-state index contributed by atoms with van der Waals surface area (Å²) in [6.45, 7) is 8.20. The van der Waals surface area contributed by atoms with Gasteiger partial charge in [-0.1, -0.05) is 26.8 Å². The molecular formula is C19H22N2O3S. The lowest BCUT2D eigenvalue weighted by atomic mass is 9.85. The molecule has 1 aromatic carbocycles. The largest absolute Gasteiger partial charge is 0.426 e. The molecule has 1 fully saturated rings. The number of nitrogens with zero attached hydrogens (tertiary/aromatic N) is 2. The maximum absolute atomic E-state index is 12.4. The first-order valence-electron chi connectivity index (χ1n) is 8.06. The van der Waals surface area contributed by atoms with Crippen molar-refractivity contribution >= 4 is 29.7 Å². The van der Waals surface area contributed by atoms with Crippen LogP contribution in [0.15, 0.2) is 23.1 Å². The summed E-state index contributed by atoms with van der Waals surface area (Å²) >= 11 is 1.50. The van der Waals surface area contributed by atoms with E-state index in [0.717, 1.165) is 16.9 Å². The first-order valence-corrected chi connectivity index (χ1v) is 9.04. The lowest BCUT2D eigenvalue weighted by molar-refractivity contribution is -0.132. The third-order valence-corrected chi connectivity index (χ3v) is 4.73. The number of benzene rings is 1. The lowest BCUT2D eigenvalue weighted by Crippen LogP contribution is -2.37. The highest BCUT2D eigenvalue weighted by atomic mass is 32.2. The van der Waals surface area contributed by atoms with Gasteiger partial charge in [-0.15, -0.1) is 11.8 Å². The number of carbonyl (C=O) groups is 2. The number of thioether (sulfide) groups is 1. The molecular weight excluding hydrogens is 336 g/mol. The molecule has 1 amide bonds. The molecule has 6 heteroatoms. The Hall–Kier alpha value is -2.26. The van der Waals surface area contributed by atoms with Crippen LogP contribution in [0.3, 0.4) is 0 Å². The van der Waals surface area contributed by atoms with Crippen LogP contribution < -0.4 is 4.74 Å². The minimum Gasteiger partial charge on any atom is -0.426 e. The van der Waals surface area contributed by atoms with Crippen molar-refractivity contribution in [3.63, 3.8) is 0 Å². The molecule has 5 nitrogen and oxygen atoms in total. The summed E-state index contributed by atoms with van der Waals surface area (Å²) in [7, 11) is 0. The van der Waals surface area contributed by atoms with Crippen LogP contribution in [0.25, 0.3) is 6.08 Å². The summed E-state index contributed by atoms with van der Waals surface area (Å²) < 4.78 is 5.31. The van der Waals surface area contributed by atoms with E-state index in [0.29, 0.717) is 17.2 Å². The van der Waals surface area contributed by atoms with E-state index in [2.05, 4.69) is 0 Å². The van der Waals surface area contributed by atoms with E-state index in [4.69, 9.17) is 10.00 Å². The van der Waals surface area contributed by atoms with Crippen LogP contribution in [-0.4, -0.2) is 35.6 Å². The van der Waals surface area contributed by atoms with Crippen LogP contribution in [0.2, 0.25) is 0 Å². The molecule has 0 bridgehead atoms. The van der Waals surface area contributed by atoms with Gasteiger partial charge in [0.15, 0.2) is 0 Å². The Bertz CT molecular complexity index is 757. The average Bonchev–Trinajstić information content (AvgIpc) is 2.51. The summed E-state index contributed by atoms with van der Waals surface area (Å²) in [5.74, 6) is 0.841. The normalized spacial score (nSPS) is 16.7. The predicted octanol–water partition coefficient (Wildman–Crippen LogP) is 3.35. The molecule has 1 heterocycles. The Kier molecular flexibility index (Phi) is 5.91. The molecule has 0 saturated carbocycles. The maximum atomic E-state index is 12.4. The molecule has 0 aliphatic carbocycles. The molecule has 0 unspecified atom stereocenters. The second-order valence-electron chi connectivity index (χ2n) is 6.84. The second kappa shape index (κ2) is 7.75. The molecule has 1 aromatic rings. The Morgan fingerprint density at radius 2 is 2.16 bits per heavy atom. The number of carbonyl (C=O) groups excluding carboxylic acids is 2. The Morgan fingerprint density at radius 3 is 2.76 bits per heavy atom. The van der Waals surface area contributed by atoms with Crippen molar-refractivity contribution in [1.29, 1.82) is 5.26 Å². The first-order chi connectivity index (χ1) is 11.7. The van der Waals surface area contributed by atoms with Crippen molar-refractivity contribution in [3.05, 3.63) is 34.2 Å². The number of ether oxygens (including phenoxy) is 1. The number of rotatable bonds is 3. The fraction of sp³-hybridized carbons (Fsp3) is 0.421. The molecule has 132 valence electrons. The number of nitriles is 1. The van der Waals surface area contributed by atoms with E-state index in [-0.39, 0.29) is 23.8 Å². The molecule has 1 aliphatic heterocycles. The summed E-state index contributed by atoms with van der Waals surface area (Å²) in [5, 5.41) is 8.83. The number of hydrogen-bond donors (Lipinski definition) is 0. The van der Waals surface area contributed by atoms with Gasteiger partial charge in [-0.25, -0.2) is 0 Å². The van der Waals surface area contributed by atoms with Crippen LogP contribution in [0.4, 0.5) is 0 Å². The van der Waals surface area contributed by atoms with Crippen LogP contribution in [-0.2, 0) is 15.0 Å².